The number of carbonyl (C=O) groups is 1. The van der Waals surface area contributed by atoms with Crippen molar-refractivity contribution in [3.8, 4) is 17.2 Å². The zero-order valence-corrected chi connectivity index (χ0v) is 17.7. The number of amides is 1. The van der Waals surface area contributed by atoms with Crippen molar-refractivity contribution in [2.24, 2.45) is 0 Å². The van der Waals surface area contributed by atoms with Gasteiger partial charge in [-0.05, 0) is 48.4 Å². The monoisotopic (exact) mass is 435 g/mol. The van der Waals surface area contributed by atoms with Gasteiger partial charge in [-0.15, -0.1) is 0 Å². The number of hydrogen-bond acceptors (Lipinski definition) is 6. The molecule has 1 saturated heterocycles. The first kappa shape index (κ1) is 20.5. The Labute approximate surface area is 178 Å². The fourth-order valence-electron chi connectivity index (χ4n) is 2.54. The summed E-state index contributed by atoms with van der Waals surface area (Å²) >= 11 is 12.6. The van der Waals surface area contributed by atoms with Gasteiger partial charge in [0.1, 0.15) is 23.3 Å². The highest BCUT2D eigenvalue weighted by molar-refractivity contribution is 8.26. The summed E-state index contributed by atoms with van der Waals surface area (Å²) in [5.74, 6) is 1.46. The number of nitrogens with one attached hydrogen (secondary N) is 1. The van der Waals surface area contributed by atoms with Gasteiger partial charge in [-0.2, -0.15) is 0 Å². The molecule has 0 radical (unpaired) electrons. The number of hydrogen-bond donors (Lipinski definition) is 1. The van der Waals surface area contributed by atoms with Crippen molar-refractivity contribution in [2.45, 2.75) is 6.92 Å². The number of ether oxygens (including phenoxy) is 3. The number of carbonyl (C=O) groups excluding carboxylic acids is 1. The van der Waals surface area contributed by atoms with E-state index in [0.717, 1.165) is 11.3 Å². The third kappa shape index (κ3) is 5.19. The van der Waals surface area contributed by atoms with Gasteiger partial charge in [0, 0.05) is 0 Å². The number of thiocarbonyl (C=S) groups is 1. The van der Waals surface area contributed by atoms with Gasteiger partial charge in [-0.25, -0.2) is 0 Å². The van der Waals surface area contributed by atoms with Gasteiger partial charge in [-0.1, -0.05) is 47.7 Å². The van der Waals surface area contributed by atoms with Crippen molar-refractivity contribution in [3.05, 3.63) is 57.5 Å². The minimum absolute atomic E-state index is 0.223. The van der Waals surface area contributed by atoms with E-state index in [2.05, 4.69) is 5.32 Å². The molecule has 0 atom stereocenters. The van der Waals surface area contributed by atoms with Crippen LogP contribution in [0.1, 0.15) is 11.1 Å². The Morgan fingerprint density at radius 1 is 1.21 bits per heavy atom. The molecule has 5 nitrogen and oxygen atoms in total. The van der Waals surface area contributed by atoms with Crippen LogP contribution in [0.3, 0.4) is 0 Å². The lowest BCUT2D eigenvalue weighted by Crippen LogP contribution is -2.17. The molecule has 0 bridgehead atoms. The molecule has 3 rings (SSSR count). The van der Waals surface area contributed by atoms with Crippen LogP contribution >= 0.6 is 35.6 Å². The molecule has 1 amide bonds. The molecule has 1 aliphatic heterocycles. The fourth-order valence-corrected chi connectivity index (χ4v) is 3.86. The molecular weight excluding hydrogens is 418 g/mol. The third-order valence-electron chi connectivity index (χ3n) is 3.78. The predicted molar refractivity (Wildman–Crippen MR) is 116 cm³/mol. The van der Waals surface area contributed by atoms with Crippen molar-refractivity contribution < 1.29 is 19.0 Å². The summed E-state index contributed by atoms with van der Waals surface area (Å²) in [5.41, 5.74) is 1.84. The molecule has 2 aromatic carbocycles. The van der Waals surface area contributed by atoms with Gasteiger partial charge in [-0.3, -0.25) is 4.79 Å². The first-order valence-corrected chi connectivity index (χ1v) is 10.0. The van der Waals surface area contributed by atoms with E-state index < -0.39 is 0 Å². The molecule has 146 valence electrons. The largest absolute Gasteiger partial charge is 0.493 e. The van der Waals surface area contributed by atoms with E-state index in [1.165, 1.54) is 18.9 Å². The van der Waals surface area contributed by atoms with Crippen LogP contribution in [0.15, 0.2) is 41.3 Å². The van der Waals surface area contributed by atoms with E-state index in [0.29, 0.717) is 44.5 Å². The number of benzene rings is 2. The average molecular weight is 436 g/mol. The van der Waals surface area contributed by atoms with Gasteiger partial charge in [0.25, 0.3) is 5.91 Å². The van der Waals surface area contributed by atoms with Gasteiger partial charge in [0.2, 0.25) is 0 Å². The summed E-state index contributed by atoms with van der Waals surface area (Å²) in [4.78, 5) is 12.3. The van der Waals surface area contributed by atoms with Crippen LogP contribution in [-0.4, -0.2) is 30.6 Å². The van der Waals surface area contributed by atoms with Gasteiger partial charge in [0.05, 0.1) is 17.0 Å². The molecule has 1 fully saturated rings. The Hall–Kier alpha value is -2.22. The summed E-state index contributed by atoms with van der Waals surface area (Å²) in [6.45, 7) is 2.67. The first-order chi connectivity index (χ1) is 13.5. The number of rotatable bonds is 7. The average Bonchev–Trinajstić information content (AvgIpc) is 2.96. The molecule has 28 heavy (non-hydrogen) atoms. The Morgan fingerprint density at radius 2 is 2.00 bits per heavy atom. The number of halogens is 1. The van der Waals surface area contributed by atoms with E-state index in [1.54, 1.807) is 18.2 Å². The van der Waals surface area contributed by atoms with Crippen LogP contribution in [0.2, 0.25) is 5.02 Å². The maximum atomic E-state index is 11.8. The normalized spacial score (nSPS) is 14.9. The van der Waals surface area contributed by atoms with Crippen LogP contribution < -0.4 is 19.5 Å². The van der Waals surface area contributed by atoms with E-state index in [4.69, 9.17) is 38.0 Å². The van der Waals surface area contributed by atoms with Crippen molar-refractivity contribution in [2.75, 3.05) is 20.3 Å². The lowest BCUT2D eigenvalue weighted by atomic mass is 10.2. The summed E-state index contributed by atoms with van der Waals surface area (Å²) in [6, 6.07) is 11.3. The molecule has 0 unspecified atom stereocenters. The van der Waals surface area contributed by atoms with Crippen molar-refractivity contribution in [3.63, 3.8) is 0 Å². The van der Waals surface area contributed by atoms with Crippen LogP contribution in [0.4, 0.5) is 0 Å². The summed E-state index contributed by atoms with van der Waals surface area (Å²) in [7, 11) is 1.53. The molecule has 1 heterocycles. The maximum Gasteiger partial charge on any atom is 0.263 e. The highest BCUT2D eigenvalue weighted by Crippen LogP contribution is 2.38. The molecular formula is C20H18ClNO4S2. The zero-order valence-electron chi connectivity index (χ0n) is 15.3. The van der Waals surface area contributed by atoms with E-state index in [9.17, 15) is 4.79 Å². The summed E-state index contributed by atoms with van der Waals surface area (Å²) in [6.07, 6.45) is 1.71. The highest BCUT2D eigenvalue weighted by atomic mass is 35.5. The topological polar surface area (TPSA) is 56.8 Å². The minimum Gasteiger partial charge on any atom is -0.493 e. The van der Waals surface area contributed by atoms with Crippen LogP contribution in [0.25, 0.3) is 6.08 Å². The second-order valence-corrected chi connectivity index (χ2v) is 8.03. The molecule has 0 aromatic heterocycles. The maximum absolute atomic E-state index is 11.8. The summed E-state index contributed by atoms with van der Waals surface area (Å²) in [5, 5.41) is 2.96. The van der Waals surface area contributed by atoms with Gasteiger partial charge in [0.15, 0.2) is 11.5 Å². The van der Waals surface area contributed by atoms with Gasteiger partial charge >= 0.3 is 0 Å². The Balaban J connectivity index is 1.67. The standard InChI is InChI=1S/C20H18ClNO4S2/c1-12-4-3-5-14(8-12)25-6-7-26-18-15(21)9-13(10-16(18)24-2)11-17-19(23)22-20(27)28-17/h3-5,8-11H,6-7H2,1-2H3,(H,22,23,27). The predicted octanol–water partition coefficient (Wildman–Crippen LogP) is 4.60. The Morgan fingerprint density at radius 3 is 2.68 bits per heavy atom. The molecule has 0 aliphatic carbocycles. The van der Waals surface area contributed by atoms with Crippen molar-refractivity contribution in [1.82, 2.24) is 5.32 Å². The smallest absolute Gasteiger partial charge is 0.263 e. The molecule has 2 aromatic rings. The molecule has 8 heteroatoms. The van der Waals surface area contributed by atoms with E-state index in [-0.39, 0.29) is 5.91 Å². The number of thioether (sulfide) groups is 1. The molecule has 0 spiro atoms. The Kier molecular flexibility index (Phi) is 6.83. The van der Waals surface area contributed by atoms with Gasteiger partial charge < -0.3 is 19.5 Å². The zero-order chi connectivity index (χ0) is 20.1. The van der Waals surface area contributed by atoms with Crippen LogP contribution in [0, 0.1) is 6.92 Å². The Bertz CT molecular complexity index is 946. The SMILES string of the molecule is COc1cc(C=C2SC(=S)NC2=O)cc(Cl)c1OCCOc1cccc(C)c1. The second kappa shape index (κ2) is 9.32. The molecule has 1 aliphatic rings. The highest BCUT2D eigenvalue weighted by Gasteiger charge is 2.22. The van der Waals surface area contributed by atoms with Crippen molar-refractivity contribution in [1.29, 1.82) is 0 Å². The molecule has 1 N–H and O–H groups in total. The lowest BCUT2D eigenvalue weighted by molar-refractivity contribution is -0.115. The van der Waals surface area contributed by atoms with E-state index in [1.807, 2.05) is 31.2 Å². The van der Waals surface area contributed by atoms with Crippen molar-refractivity contribution >= 4 is 51.9 Å². The lowest BCUT2D eigenvalue weighted by Gasteiger charge is -2.14. The second-order valence-electron chi connectivity index (χ2n) is 5.90. The third-order valence-corrected chi connectivity index (χ3v) is 5.22. The first-order valence-electron chi connectivity index (χ1n) is 8.41. The summed E-state index contributed by atoms with van der Waals surface area (Å²) < 4.78 is 17.3. The van der Waals surface area contributed by atoms with Crippen LogP contribution in [0.5, 0.6) is 17.2 Å². The van der Waals surface area contributed by atoms with E-state index >= 15 is 0 Å². The van der Waals surface area contributed by atoms with Crippen LogP contribution in [-0.2, 0) is 4.79 Å². The number of methoxy groups -OCH3 is 1. The number of aryl methyl sites for hydroxylation is 1. The quantitative estimate of drug-likeness (QED) is 0.389. The molecule has 0 saturated carbocycles. The fraction of sp³-hybridized carbons (Fsp3) is 0.200. The minimum atomic E-state index is -0.223.